The Balaban J connectivity index is 1.49. The first kappa shape index (κ1) is 25.0. The van der Waals surface area contributed by atoms with E-state index in [0.717, 1.165) is 39.2 Å². The van der Waals surface area contributed by atoms with E-state index in [9.17, 15) is 10.1 Å². The van der Waals surface area contributed by atoms with Gasteiger partial charge in [-0.1, -0.05) is 77.4 Å². The van der Waals surface area contributed by atoms with Crippen molar-refractivity contribution in [3.8, 4) is 11.8 Å². The summed E-state index contributed by atoms with van der Waals surface area (Å²) in [5, 5.41) is 13.0. The van der Waals surface area contributed by atoms with E-state index >= 15 is 0 Å². The molecule has 3 aromatic carbocycles. The normalized spacial score (nSPS) is 15.4. The highest BCUT2D eigenvalue weighted by Gasteiger charge is 2.24. The van der Waals surface area contributed by atoms with Crippen LogP contribution in [0.4, 0.5) is 5.69 Å². The molecule has 1 aliphatic carbocycles. The summed E-state index contributed by atoms with van der Waals surface area (Å²) in [4.78, 5) is 12.8. The highest BCUT2D eigenvalue weighted by atomic mass is 35.5. The topological polar surface area (TPSA) is 62.1 Å². The van der Waals surface area contributed by atoms with Crippen LogP contribution in [0.5, 0.6) is 5.75 Å². The van der Waals surface area contributed by atoms with Crippen molar-refractivity contribution in [1.29, 1.82) is 5.26 Å². The number of amides is 1. The molecule has 0 spiro atoms. The van der Waals surface area contributed by atoms with Crippen LogP contribution in [0.25, 0.3) is 0 Å². The molecule has 5 heteroatoms. The predicted molar refractivity (Wildman–Crippen MR) is 145 cm³/mol. The summed E-state index contributed by atoms with van der Waals surface area (Å²) in [6, 6.07) is 25.5. The molecular formula is C31H27ClN2O2. The van der Waals surface area contributed by atoms with E-state index in [0.29, 0.717) is 17.3 Å². The van der Waals surface area contributed by atoms with Gasteiger partial charge in [-0.3, -0.25) is 4.79 Å². The minimum atomic E-state index is -0.466. The van der Waals surface area contributed by atoms with Crippen molar-refractivity contribution in [2.75, 3.05) is 5.32 Å². The second-order valence-electron chi connectivity index (χ2n) is 8.89. The van der Waals surface area contributed by atoms with E-state index in [2.05, 4.69) is 24.4 Å². The van der Waals surface area contributed by atoms with Crippen LogP contribution in [-0.4, -0.2) is 5.91 Å². The maximum atomic E-state index is 12.8. The number of nitrogens with zero attached hydrogens (tertiary/aromatic N) is 1. The predicted octanol–water partition coefficient (Wildman–Crippen LogP) is 7.68. The number of hydrogen-bond donors (Lipinski definition) is 1. The van der Waals surface area contributed by atoms with Crippen molar-refractivity contribution in [3.05, 3.63) is 129 Å². The number of aryl methyl sites for hydroxylation is 1. The largest absolute Gasteiger partial charge is 0.489 e. The quantitative estimate of drug-likeness (QED) is 0.270. The Hall–Kier alpha value is -4.07. The van der Waals surface area contributed by atoms with Crippen molar-refractivity contribution < 1.29 is 9.53 Å². The molecule has 0 radical (unpaired) electrons. The molecule has 0 saturated heterocycles. The third-order valence-electron chi connectivity index (χ3n) is 6.28. The minimum absolute atomic E-state index is 0.0374. The first-order valence-electron chi connectivity index (χ1n) is 11.7. The van der Waals surface area contributed by atoms with E-state index < -0.39 is 5.91 Å². The first-order chi connectivity index (χ1) is 17.4. The fraction of sp³-hybridized carbons (Fsp3) is 0.161. The number of carbonyl (C=O) groups excluding carboxylic acids is 1. The molecule has 0 saturated carbocycles. The standard InChI is InChI=1S/C31H27ClN2O2/c1-20-9-12-27(17-29(20)32)34-31(35)26(18-33)16-25-15-21(2)30(22(25)3)24-10-13-28(14-11-24)36-19-23-7-5-4-6-8-23/h4-17,30H,19H2,1-3H3,(H,34,35)/b26-16-/t30-/m1/s1. The summed E-state index contributed by atoms with van der Waals surface area (Å²) >= 11 is 6.16. The minimum Gasteiger partial charge on any atom is -0.489 e. The second-order valence-corrected chi connectivity index (χ2v) is 9.30. The average molecular weight is 495 g/mol. The van der Waals surface area contributed by atoms with Gasteiger partial charge in [-0.25, -0.2) is 0 Å². The molecule has 0 fully saturated rings. The van der Waals surface area contributed by atoms with Crippen molar-refractivity contribution in [2.24, 2.45) is 0 Å². The van der Waals surface area contributed by atoms with Gasteiger partial charge in [-0.15, -0.1) is 0 Å². The number of halogens is 1. The lowest BCUT2D eigenvalue weighted by molar-refractivity contribution is -0.112. The molecule has 1 aliphatic rings. The summed E-state index contributed by atoms with van der Waals surface area (Å²) in [6.07, 6.45) is 3.69. The first-order valence-corrected chi connectivity index (χ1v) is 12.1. The Kier molecular flexibility index (Phi) is 7.73. The highest BCUT2D eigenvalue weighted by Crippen LogP contribution is 2.40. The maximum Gasteiger partial charge on any atom is 0.266 e. The van der Waals surface area contributed by atoms with Crippen LogP contribution >= 0.6 is 11.6 Å². The zero-order chi connectivity index (χ0) is 25.7. The van der Waals surface area contributed by atoms with Crippen molar-refractivity contribution in [2.45, 2.75) is 33.3 Å². The van der Waals surface area contributed by atoms with Gasteiger partial charge in [-0.2, -0.15) is 5.26 Å². The van der Waals surface area contributed by atoms with E-state index in [4.69, 9.17) is 16.3 Å². The van der Waals surface area contributed by atoms with Gasteiger partial charge >= 0.3 is 0 Å². The molecule has 3 aromatic rings. The molecular weight excluding hydrogens is 468 g/mol. The van der Waals surface area contributed by atoms with Crippen molar-refractivity contribution in [3.63, 3.8) is 0 Å². The van der Waals surface area contributed by atoms with Crippen LogP contribution in [0.2, 0.25) is 5.02 Å². The summed E-state index contributed by atoms with van der Waals surface area (Å²) < 4.78 is 5.92. The number of rotatable bonds is 7. The van der Waals surface area contributed by atoms with Gasteiger partial charge in [0.2, 0.25) is 0 Å². The number of nitriles is 1. The zero-order valence-electron chi connectivity index (χ0n) is 20.5. The van der Waals surface area contributed by atoms with Gasteiger partial charge in [-0.05, 0) is 73.4 Å². The van der Waals surface area contributed by atoms with Crippen LogP contribution in [-0.2, 0) is 11.4 Å². The monoisotopic (exact) mass is 494 g/mol. The average Bonchev–Trinajstić information content (AvgIpc) is 3.16. The number of hydrogen-bond acceptors (Lipinski definition) is 3. The molecule has 0 bridgehead atoms. The van der Waals surface area contributed by atoms with Crippen LogP contribution in [0.3, 0.4) is 0 Å². The number of ether oxygens (including phenoxy) is 1. The van der Waals surface area contributed by atoms with Gasteiger partial charge in [0, 0.05) is 16.6 Å². The molecule has 0 aromatic heterocycles. The molecule has 1 atom stereocenters. The summed E-state index contributed by atoms with van der Waals surface area (Å²) in [7, 11) is 0. The number of anilines is 1. The lowest BCUT2D eigenvalue weighted by Crippen LogP contribution is -2.13. The molecule has 0 heterocycles. The third kappa shape index (κ3) is 5.76. The molecule has 4 rings (SSSR count). The Morgan fingerprint density at radius 3 is 2.44 bits per heavy atom. The van der Waals surface area contributed by atoms with Crippen molar-refractivity contribution in [1.82, 2.24) is 0 Å². The van der Waals surface area contributed by atoms with E-state index in [-0.39, 0.29) is 11.5 Å². The van der Waals surface area contributed by atoms with Gasteiger partial charge in [0.05, 0.1) is 0 Å². The van der Waals surface area contributed by atoms with Crippen molar-refractivity contribution >= 4 is 23.2 Å². The summed E-state index contributed by atoms with van der Waals surface area (Å²) in [5.41, 5.74) is 6.87. The molecule has 0 aliphatic heterocycles. The van der Waals surface area contributed by atoms with E-state index in [1.54, 1.807) is 18.2 Å². The summed E-state index contributed by atoms with van der Waals surface area (Å²) in [6.45, 7) is 6.51. The fourth-order valence-corrected chi connectivity index (χ4v) is 4.47. The zero-order valence-corrected chi connectivity index (χ0v) is 21.3. The van der Waals surface area contributed by atoms with Gasteiger partial charge < -0.3 is 10.1 Å². The number of allylic oxidation sites excluding steroid dienone is 5. The Bertz CT molecular complexity index is 1410. The number of benzene rings is 3. The third-order valence-corrected chi connectivity index (χ3v) is 6.69. The Morgan fingerprint density at radius 2 is 1.78 bits per heavy atom. The van der Waals surface area contributed by atoms with Crippen LogP contribution in [0, 0.1) is 18.3 Å². The molecule has 1 amide bonds. The lowest BCUT2D eigenvalue weighted by Gasteiger charge is -2.16. The van der Waals surface area contributed by atoms with Gasteiger partial charge in [0.25, 0.3) is 5.91 Å². The molecule has 4 nitrogen and oxygen atoms in total. The smallest absolute Gasteiger partial charge is 0.266 e. The highest BCUT2D eigenvalue weighted by molar-refractivity contribution is 6.31. The number of carbonyl (C=O) groups is 1. The van der Waals surface area contributed by atoms with Crippen LogP contribution < -0.4 is 10.1 Å². The van der Waals surface area contributed by atoms with Gasteiger partial charge in [0.15, 0.2) is 0 Å². The maximum absolute atomic E-state index is 12.8. The Labute approximate surface area is 217 Å². The summed E-state index contributed by atoms with van der Waals surface area (Å²) in [5.74, 6) is 0.425. The van der Waals surface area contributed by atoms with E-state index in [1.807, 2.05) is 74.5 Å². The van der Waals surface area contributed by atoms with Crippen LogP contribution in [0.1, 0.15) is 36.5 Å². The van der Waals surface area contributed by atoms with E-state index in [1.165, 1.54) is 0 Å². The molecule has 36 heavy (non-hydrogen) atoms. The number of nitrogens with one attached hydrogen (secondary N) is 1. The molecule has 1 N–H and O–H groups in total. The molecule has 0 unspecified atom stereocenters. The second kappa shape index (κ2) is 11.1. The Morgan fingerprint density at radius 1 is 1.06 bits per heavy atom. The fourth-order valence-electron chi connectivity index (χ4n) is 4.29. The van der Waals surface area contributed by atoms with Crippen LogP contribution in [0.15, 0.2) is 107 Å². The lowest BCUT2D eigenvalue weighted by atomic mass is 9.89. The van der Waals surface area contributed by atoms with Gasteiger partial charge in [0.1, 0.15) is 24.0 Å². The SMILES string of the molecule is CC1=CC(/C=C(/C#N)C(=O)Nc2ccc(C)c(Cl)c2)=C(C)[C@@H]1c1ccc(OCc2ccccc2)cc1. The molecule has 180 valence electrons.